The Bertz CT molecular complexity index is 535. The van der Waals surface area contributed by atoms with Crippen molar-refractivity contribution in [3.05, 3.63) is 53.7 Å². The molecule has 2 aromatic rings. The van der Waals surface area contributed by atoms with E-state index < -0.39 is 6.10 Å². The molecular formula is C16H19NO3. The van der Waals surface area contributed by atoms with E-state index in [1.54, 1.807) is 25.4 Å². The van der Waals surface area contributed by atoms with E-state index in [9.17, 15) is 5.11 Å². The molecule has 1 aromatic heterocycles. The van der Waals surface area contributed by atoms with Gasteiger partial charge >= 0.3 is 0 Å². The highest BCUT2D eigenvalue weighted by molar-refractivity contribution is 5.34. The number of aliphatic hydroxyl groups is 1. The van der Waals surface area contributed by atoms with Gasteiger partial charge in [0.1, 0.15) is 11.9 Å². The minimum atomic E-state index is -0.707. The van der Waals surface area contributed by atoms with E-state index >= 15 is 0 Å². The number of methoxy groups -OCH3 is 1. The zero-order valence-corrected chi connectivity index (χ0v) is 11.9. The van der Waals surface area contributed by atoms with Gasteiger partial charge in [-0.15, -0.1) is 0 Å². The van der Waals surface area contributed by atoms with Gasteiger partial charge in [-0.05, 0) is 37.6 Å². The molecule has 0 amide bonds. The standard InChI is InChI=1S/C16H19NO3/c1-11(2)20-14-7-4-12(5-8-14)16(18)13-6-9-15(19-3)17-10-13/h4-11,16,18H,1-3H3. The summed E-state index contributed by atoms with van der Waals surface area (Å²) in [6.45, 7) is 3.96. The average molecular weight is 273 g/mol. The van der Waals surface area contributed by atoms with Crippen LogP contribution in [0.4, 0.5) is 0 Å². The summed E-state index contributed by atoms with van der Waals surface area (Å²) in [5, 5.41) is 10.3. The number of hydrogen-bond acceptors (Lipinski definition) is 4. The highest BCUT2D eigenvalue weighted by Gasteiger charge is 2.11. The molecule has 4 heteroatoms. The number of benzene rings is 1. The summed E-state index contributed by atoms with van der Waals surface area (Å²) in [5.41, 5.74) is 1.52. The number of aliphatic hydroxyl groups excluding tert-OH is 1. The summed E-state index contributed by atoms with van der Waals surface area (Å²) in [6.07, 6.45) is 1.04. The molecule has 1 aromatic carbocycles. The fourth-order valence-corrected chi connectivity index (χ4v) is 1.87. The lowest BCUT2D eigenvalue weighted by molar-refractivity contribution is 0.218. The lowest BCUT2D eigenvalue weighted by atomic mass is 10.0. The van der Waals surface area contributed by atoms with Gasteiger partial charge < -0.3 is 14.6 Å². The molecule has 1 atom stereocenters. The number of rotatable bonds is 5. The zero-order chi connectivity index (χ0) is 14.5. The Morgan fingerprint density at radius 1 is 1.00 bits per heavy atom. The molecule has 0 spiro atoms. The van der Waals surface area contributed by atoms with Crippen molar-refractivity contribution in [1.82, 2.24) is 4.98 Å². The van der Waals surface area contributed by atoms with Gasteiger partial charge in [-0.25, -0.2) is 4.98 Å². The van der Waals surface area contributed by atoms with Crippen LogP contribution in [0.1, 0.15) is 31.1 Å². The van der Waals surface area contributed by atoms with Crippen molar-refractivity contribution in [2.45, 2.75) is 26.1 Å². The minimum absolute atomic E-state index is 0.136. The maximum atomic E-state index is 10.3. The fourth-order valence-electron chi connectivity index (χ4n) is 1.87. The Morgan fingerprint density at radius 2 is 1.65 bits per heavy atom. The van der Waals surface area contributed by atoms with Gasteiger partial charge in [-0.1, -0.05) is 12.1 Å². The second kappa shape index (κ2) is 6.39. The molecule has 106 valence electrons. The molecule has 0 saturated heterocycles. The number of aromatic nitrogens is 1. The third-order valence-electron chi connectivity index (χ3n) is 2.85. The molecule has 4 nitrogen and oxygen atoms in total. The van der Waals surface area contributed by atoms with Crippen molar-refractivity contribution in [1.29, 1.82) is 0 Å². The van der Waals surface area contributed by atoms with Crippen LogP contribution in [0.15, 0.2) is 42.6 Å². The minimum Gasteiger partial charge on any atom is -0.491 e. The van der Waals surface area contributed by atoms with Crippen LogP contribution >= 0.6 is 0 Å². The van der Waals surface area contributed by atoms with Crippen LogP contribution in [0, 0.1) is 0 Å². The summed E-state index contributed by atoms with van der Waals surface area (Å²) in [5.74, 6) is 1.32. The first-order valence-electron chi connectivity index (χ1n) is 6.54. The van der Waals surface area contributed by atoms with Gasteiger partial charge in [0, 0.05) is 17.8 Å². The number of pyridine rings is 1. The van der Waals surface area contributed by atoms with Gasteiger partial charge in [0.25, 0.3) is 0 Å². The molecule has 0 bridgehead atoms. The predicted octanol–water partition coefficient (Wildman–Crippen LogP) is 2.96. The van der Waals surface area contributed by atoms with Crippen molar-refractivity contribution in [3.8, 4) is 11.6 Å². The van der Waals surface area contributed by atoms with Gasteiger partial charge in [0.05, 0.1) is 13.2 Å². The molecule has 2 rings (SSSR count). The topological polar surface area (TPSA) is 51.6 Å². The fraction of sp³-hybridized carbons (Fsp3) is 0.312. The van der Waals surface area contributed by atoms with Crippen molar-refractivity contribution < 1.29 is 14.6 Å². The molecule has 0 saturated carbocycles. The molecule has 0 aliphatic carbocycles. The molecule has 0 aliphatic rings. The molecule has 1 unspecified atom stereocenters. The second-order valence-corrected chi connectivity index (χ2v) is 4.77. The largest absolute Gasteiger partial charge is 0.491 e. The van der Waals surface area contributed by atoms with Crippen molar-refractivity contribution in [2.24, 2.45) is 0 Å². The molecule has 0 fully saturated rings. The van der Waals surface area contributed by atoms with E-state index in [2.05, 4.69) is 4.98 Å². The van der Waals surface area contributed by atoms with E-state index in [0.717, 1.165) is 16.9 Å². The van der Waals surface area contributed by atoms with Crippen LogP contribution in [0.2, 0.25) is 0 Å². The maximum absolute atomic E-state index is 10.3. The lowest BCUT2D eigenvalue weighted by Crippen LogP contribution is -2.06. The molecule has 1 heterocycles. The smallest absolute Gasteiger partial charge is 0.212 e. The second-order valence-electron chi connectivity index (χ2n) is 4.77. The Balaban J connectivity index is 2.13. The third-order valence-corrected chi connectivity index (χ3v) is 2.85. The van der Waals surface area contributed by atoms with E-state index in [0.29, 0.717) is 5.88 Å². The van der Waals surface area contributed by atoms with Crippen molar-refractivity contribution >= 4 is 0 Å². The van der Waals surface area contributed by atoms with E-state index in [-0.39, 0.29) is 6.10 Å². The van der Waals surface area contributed by atoms with E-state index in [1.807, 2.05) is 38.1 Å². The van der Waals surface area contributed by atoms with Crippen LogP contribution in [0.3, 0.4) is 0 Å². The first-order chi connectivity index (χ1) is 9.60. The third kappa shape index (κ3) is 3.48. The van der Waals surface area contributed by atoms with Gasteiger partial charge in [0.2, 0.25) is 5.88 Å². The van der Waals surface area contributed by atoms with Crippen LogP contribution in [0.5, 0.6) is 11.6 Å². The summed E-state index contributed by atoms with van der Waals surface area (Å²) < 4.78 is 10.6. The first kappa shape index (κ1) is 14.3. The van der Waals surface area contributed by atoms with Crippen LogP contribution in [0.25, 0.3) is 0 Å². The number of nitrogens with zero attached hydrogens (tertiary/aromatic N) is 1. The normalized spacial score (nSPS) is 12.2. The van der Waals surface area contributed by atoms with Gasteiger partial charge in [0.15, 0.2) is 0 Å². The zero-order valence-electron chi connectivity index (χ0n) is 11.9. The van der Waals surface area contributed by atoms with Crippen molar-refractivity contribution in [2.75, 3.05) is 7.11 Å². The quantitative estimate of drug-likeness (QED) is 0.910. The summed E-state index contributed by atoms with van der Waals surface area (Å²) >= 11 is 0. The highest BCUT2D eigenvalue weighted by atomic mass is 16.5. The Kier molecular flexibility index (Phi) is 4.58. The summed E-state index contributed by atoms with van der Waals surface area (Å²) in [6, 6.07) is 11.0. The molecule has 20 heavy (non-hydrogen) atoms. The average Bonchev–Trinajstić information content (AvgIpc) is 2.47. The molecule has 0 radical (unpaired) electrons. The Morgan fingerprint density at radius 3 is 2.15 bits per heavy atom. The lowest BCUT2D eigenvalue weighted by Gasteiger charge is -2.13. The summed E-state index contributed by atoms with van der Waals surface area (Å²) in [7, 11) is 1.56. The first-order valence-corrected chi connectivity index (χ1v) is 6.54. The van der Waals surface area contributed by atoms with E-state index in [4.69, 9.17) is 9.47 Å². The van der Waals surface area contributed by atoms with Gasteiger partial charge in [-0.2, -0.15) is 0 Å². The van der Waals surface area contributed by atoms with Crippen molar-refractivity contribution in [3.63, 3.8) is 0 Å². The number of ether oxygens (including phenoxy) is 2. The van der Waals surface area contributed by atoms with Crippen LogP contribution < -0.4 is 9.47 Å². The highest BCUT2D eigenvalue weighted by Crippen LogP contribution is 2.24. The molecular weight excluding hydrogens is 254 g/mol. The monoisotopic (exact) mass is 273 g/mol. The van der Waals surface area contributed by atoms with Gasteiger partial charge in [-0.3, -0.25) is 0 Å². The van der Waals surface area contributed by atoms with Crippen LogP contribution in [-0.2, 0) is 0 Å². The Labute approximate surface area is 119 Å². The Hall–Kier alpha value is -2.07. The SMILES string of the molecule is COc1ccc(C(O)c2ccc(OC(C)C)cc2)cn1. The van der Waals surface area contributed by atoms with Crippen LogP contribution in [-0.4, -0.2) is 23.3 Å². The predicted molar refractivity (Wildman–Crippen MR) is 77.1 cm³/mol. The molecule has 1 N–H and O–H groups in total. The van der Waals surface area contributed by atoms with E-state index in [1.165, 1.54) is 0 Å². The number of hydrogen-bond donors (Lipinski definition) is 1. The maximum Gasteiger partial charge on any atom is 0.212 e. The summed E-state index contributed by atoms with van der Waals surface area (Å²) in [4.78, 5) is 4.09. The molecule has 0 aliphatic heterocycles.